The van der Waals surface area contributed by atoms with Gasteiger partial charge in [0.05, 0.1) is 5.54 Å². The first-order chi connectivity index (χ1) is 8.97. The van der Waals surface area contributed by atoms with Crippen molar-refractivity contribution in [3.8, 4) is 0 Å². The van der Waals surface area contributed by atoms with Gasteiger partial charge in [-0.1, -0.05) is 23.7 Å². The Morgan fingerprint density at radius 1 is 1.42 bits per heavy atom. The molecule has 1 aliphatic heterocycles. The molecular weight excluding hydrogens is 260 g/mol. The standard InChI is InChI=1S/C15H21ClN2O/c1-15(2,12-5-3-6-13(16)11-12)17-14(19)7-10-18-8-4-9-18/h3,5-6,11H,4,7-10H2,1-2H3,(H,17,19). The van der Waals surface area contributed by atoms with Crippen molar-refractivity contribution in [1.29, 1.82) is 0 Å². The van der Waals surface area contributed by atoms with Gasteiger partial charge in [-0.15, -0.1) is 0 Å². The summed E-state index contributed by atoms with van der Waals surface area (Å²) in [6, 6.07) is 7.64. The molecule has 19 heavy (non-hydrogen) atoms. The van der Waals surface area contributed by atoms with Crippen LogP contribution in [-0.4, -0.2) is 30.4 Å². The Morgan fingerprint density at radius 3 is 2.74 bits per heavy atom. The molecule has 0 atom stereocenters. The molecule has 1 aliphatic rings. The Bertz CT molecular complexity index is 455. The molecule has 0 bridgehead atoms. The molecule has 4 heteroatoms. The van der Waals surface area contributed by atoms with Crippen molar-refractivity contribution in [2.45, 2.75) is 32.2 Å². The van der Waals surface area contributed by atoms with Crippen molar-refractivity contribution in [3.05, 3.63) is 34.9 Å². The third-order valence-electron chi connectivity index (χ3n) is 3.60. The zero-order chi connectivity index (χ0) is 13.9. The molecule has 2 rings (SSSR count). The summed E-state index contributed by atoms with van der Waals surface area (Å²) < 4.78 is 0. The molecule has 0 aromatic heterocycles. The number of carbonyl (C=O) groups excluding carboxylic acids is 1. The number of likely N-dealkylation sites (tertiary alicyclic amines) is 1. The zero-order valence-electron chi connectivity index (χ0n) is 11.6. The van der Waals surface area contributed by atoms with Crippen molar-refractivity contribution in [2.24, 2.45) is 0 Å². The fourth-order valence-electron chi connectivity index (χ4n) is 2.23. The highest BCUT2D eigenvalue weighted by atomic mass is 35.5. The second kappa shape index (κ2) is 5.93. The average Bonchev–Trinajstić information content (AvgIpc) is 2.26. The fourth-order valence-corrected chi connectivity index (χ4v) is 2.42. The van der Waals surface area contributed by atoms with E-state index < -0.39 is 5.54 Å². The SMILES string of the molecule is CC(C)(NC(=O)CCN1CCC1)c1cccc(Cl)c1. The molecule has 1 saturated heterocycles. The van der Waals surface area contributed by atoms with E-state index in [1.807, 2.05) is 38.1 Å². The Morgan fingerprint density at radius 2 is 2.16 bits per heavy atom. The number of hydrogen-bond donors (Lipinski definition) is 1. The van der Waals surface area contributed by atoms with Crippen molar-refractivity contribution in [2.75, 3.05) is 19.6 Å². The van der Waals surface area contributed by atoms with Gasteiger partial charge < -0.3 is 10.2 Å². The predicted octanol–water partition coefficient (Wildman–Crippen LogP) is 2.79. The first kappa shape index (κ1) is 14.4. The molecule has 104 valence electrons. The number of carbonyl (C=O) groups is 1. The lowest BCUT2D eigenvalue weighted by Crippen LogP contribution is -2.44. The highest BCUT2D eigenvalue weighted by Crippen LogP contribution is 2.23. The van der Waals surface area contributed by atoms with E-state index in [2.05, 4.69) is 10.2 Å². The van der Waals surface area contributed by atoms with E-state index >= 15 is 0 Å². The van der Waals surface area contributed by atoms with Gasteiger partial charge in [-0.3, -0.25) is 4.79 Å². The van der Waals surface area contributed by atoms with Crippen molar-refractivity contribution >= 4 is 17.5 Å². The van der Waals surface area contributed by atoms with E-state index in [1.165, 1.54) is 6.42 Å². The van der Waals surface area contributed by atoms with Gasteiger partial charge in [-0.25, -0.2) is 0 Å². The number of hydrogen-bond acceptors (Lipinski definition) is 2. The van der Waals surface area contributed by atoms with Gasteiger partial charge in [0.25, 0.3) is 0 Å². The van der Waals surface area contributed by atoms with Gasteiger partial charge in [0.1, 0.15) is 0 Å². The average molecular weight is 281 g/mol. The van der Waals surface area contributed by atoms with Crippen LogP contribution in [0.15, 0.2) is 24.3 Å². The van der Waals surface area contributed by atoms with E-state index in [9.17, 15) is 4.79 Å². The quantitative estimate of drug-likeness (QED) is 0.899. The van der Waals surface area contributed by atoms with Crippen LogP contribution in [-0.2, 0) is 10.3 Å². The minimum Gasteiger partial charge on any atom is -0.347 e. The number of halogens is 1. The van der Waals surface area contributed by atoms with Crippen molar-refractivity contribution in [1.82, 2.24) is 10.2 Å². The summed E-state index contributed by atoms with van der Waals surface area (Å²) in [7, 11) is 0. The maximum Gasteiger partial charge on any atom is 0.221 e. The molecule has 0 radical (unpaired) electrons. The Kier molecular flexibility index (Phi) is 4.48. The second-order valence-corrected chi connectivity index (χ2v) is 6.07. The molecule has 0 unspecified atom stereocenters. The first-order valence-corrected chi connectivity index (χ1v) is 7.14. The van der Waals surface area contributed by atoms with E-state index in [0.717, 1.165) is 25.2 Å². The van der Waals surface area contributed by atoms with E-state index in [4.69, 9.17) is 11.6 Å². The topological polar surface area (TPSA) is 32.3 Å². The lowest BCUT2D eigenvalue weighted by atomic mass is 9.94. The van der Waals surface area contributed by atoms with E-state index in [-0.39, 0.29) is 5.91 Å². The summed E-state index contributed by atoms with van der Waals surface area (Å²) in [5, 5.41) is 3.77. The maximum absolute atomic E-state index is 12.0. The van der Waals surface area contributed by atoms with Crippen LogP contribution in [0.4, 0.5) is 0 Å². The number of nitrogens with one attached hydrogen (secondary N) is 1. The normalized spacial score (nSPS) is 15.9. The summed E-state index contributed by atoms with van der Waals surface area (Å²) in [5.74, 6) is 0.0943. The summed E-state index contributed by atoms with van der Waals surface area (Å²) in [5.41, 5.74) is 0.633. The predicted molar refractivity (Wildman–Crippen MR) is 78.3 cm³/mol. The van der Waals surface area contributed by atoms with Crippen LogP contribution in [0.5, 0.6) is 0 Å². The van der Waals surface area contributed by atoms with Gasteiger partial charge in [-0.2, -0.15) is 0 Å². The highest BCUT2D eigenvalue weighted by molar-refractivity contribution is 6.30. The summed E-state index contributed by atoms with van der Waals surface area (Å²) >= 11 is 6.00. The Hall–Kier alpha value is -1.06. The van der Waals surface area contributed by atoms with E-state index in [1.54, 1.807) is 0 Å². The number of amides is 1. The third kappa shape index (κ3) is 3.95. The molecule has 1 N–H and O–H groups in total. The van der Waals surface area contributed by atoms with Crippen LogP contribution in [0.1, 0.15) is 32.3 Å². The van der Waals surface area contributed by atoms with Crippen molar-refractivity contribution < 1.29 is 4.79 Å². The lowest BCUT2D eigenvalue weighted by molar-refractivity contribution is -0.123. The van der Waals surface area contributed by atoms with Crippen molar-refractivity contribution in [3.63, 3.8) is 0 Å². The molecule has 0 saturated carbocycles. The molecule has 1 heterocycles. The summed E-state index contributed by atoms with van der Waals surface area (Å²) in [6.45, 7) is 7.12. The molecule has 1 amide bonds. The van der Waals surface area contributed by atoms with Crippen LogP contribution in [0.2, 0.25) is 5.02 Å². The highest BCUT2D eigenvalue weighted by Gasteiger charge is 2.23. The van der Waals surface area contributed by atoms with Crippen LogP contribution in [0.3, 0.4) is 0 Å². The molecule has 0 spiro atoms. The first-order valence-electron chi connectivity index (χ1n) is 6.77. The van der Waals surface area contributed by atoms with Gasteiger partial charge >= 0.3 is 0 Å². The molecule has 1 fully saturated rings. The third-order valence-corrected chi connectivity index (χ3v) is 3.84. The van der Waals surface area contributed by atoms with Crippen LogP contribution in [0.25, 0.3) is 0 Å². The number of benzene rings is 1. The van der Waals surface area contributed by atoms with Crippen LogP contribution < -0.4 is 5.32 Å². The summed E-state index contributed by atoms with van der Waals surface area (Å²) in [4.78, 5) is 14.3. The van der Waals surface area contributed by atoms with Gasteiger partial charge in [0, 0.05) is 18.0 Å². The lowest BCUT2D eigenvalue weighted by Gasteiger charge is -2.31. The monoisotopic (exact) mass is 280 g/mol. The Balaban J connectivity index is 1.90. The molecule has 3 nitrogen and oxygen atoms in total. The number of rotatable bonds is 5. The Labute approximate surface area is 119 Å². The fraction of sp³-hybridized carbons (Fsp3) is 0.533. The van der Waals surface area contributed by atoms with Gasteiger partial charge in [0.2, 0.25) is 5.91 Å². The van der Waals surface area contributed by atoms with Crippen LogP contribution >= 0.6 is 11.6 Å². The molecule has 0 aliphatic carbocycles. The molecular formula is C15H21ClN2O. The minimum atomic E-state index is -0.392. The number of nitrogens with zero attached hydrogens (tertiary/aromatic N) is 1. The van der Waals surface area contributed by atoms with E-state index in [0.29, 0.717) is 11.4 Å². The molecule has 1 aromatic carbocycles. The van der Waals surface area contributed by atoms with Gasteiger partial charge in [0.15, 0.2) is 0 Å². The maximum atomic E-state index is 12.0. The van der Waals surface area contributed by atoms with Crippen LogP contribution in [0, 0.1) is 0 Å². The largest absolute Gasteiger partial charge is 0.347 e. The molecule has 1 aromatic rings. The summed E-state index contributed by atoms with van der Waals surface area (Å²) in [6.07, 6.45) is 1.82. The van der Waals surface area contributed by atoms with Gasteiger partial charge in [-0.05, 0) is 51.1 Å². The second-order valence-electron chi connectivity index (χ2n) is 5.63. The zero-order valence-corrected chi connectivity index (χ0v) is 12.3. The smallest absolute Gasteiger partial charge is 0.221 e. The minimum absolute atomic E-state index is 0.0943.